The molecule has 4 heterocycles. The van der Waals surface area contributed by atoms with Gasteiger partial charge in [-0.25, -0.2) is 0 Å². The van der Waals surface area contributed by atoms with Crippen molar-refractivity contribution in [3.05, 3.63) is 41.6 Å². The average molecular weight is 328 g/mol. The summed E-state index contributed by atoms with van der Waals surface area (Å²) < 4.78 is 7.31. The third kappa shape index (κ3) is 2.50. The van der Waals surface area contributed by atoms with Crippen LogP contribution in [0.4, 0.5) is 0 Å². The van der Waals surface area contributed by atoms with Gasteiger partial charge in [-0.15, -0.1) is 0 Å². The highest BCUT2D eigenvalue weighted by molar-refractivity contribution is 5.92. The SMILES string of the molecule is Cc1ccoc1C(=O)N1Cc2ccnn2C(CN2CCCC2=O)C1. The van der Waals surface area contributed by atoms with Gasteiger partial charge in [-0.3, -0.25) is 14.3 Å². The van der Waals surface area contributed by atoms with Gasteiger partial charge in [0, 0.05) is 37.8 Å². The first-order valence-corrected chi connectivity index (χ1v) is 8.27. The number of rotatable bonds is 3. The number of carbonyl (C=O) groups excluding carboxylic acids is 2. The number of aryl methyl sites for hydroxylation is 1. The highest BCUT2D eigenvalue weighted by Gasteiger charge is 2.33. The summed E-state index contributed by atoms with van der Waals surface area (Å²) in [5.74, 6) is 0.468. The number of fused-ring (bicyclic) bond motifs is 1. The van der Waals surface area contributed by atoms with E-state index in [2.05, 4.69) is 5.10 Å². The zero-order valence-electron chi connectivity index (χ0n) is 13.6. The fraction of sp³-hybridized carbons (Fsp3) is 0.471. The Labute approximate surface area is 139 Å². The monoisotopic (exact) mass is 328 g/mol. The van der Waals surface area contributed by atoms with Gasteiger partial charge in [0.2, 0.25) is 5.91 Å². The van der Waals surface area contributed by atoms with Crippen LogP contribution in [0.2, 0.25) is 0 Å². The molecule has 0 saturated carbocycles. The lowest BCUT2D eigenvalue weighted by molar-refractivity contribution is -0.128. The number of amides is 2. The van der Waals surface area contributed by atoms with Crippen LogP contribution < -0.4 is 0 Å². The molecule has 0 aliphatic carbocycles. The molecule has 2 aliphatic heterocycles. The number of furan rings is 1. The van der Waals surface area contributed by atoms with Crippen molar-refractivity contribution in [3.8, 4) is 0 Å². The van der Waals surface area contributed by atoms with Crippen LogP contribution in [-0.2, 0) is 11.3 Å². The smallest absolute Gasteiger partial charge is 0.290 e. The minimum Gasteiger partial charge on any atom is -0.459 e. The molecule has 2 aliphatic rings. The van der Waals surface area contributed by atoms with Crippen molar-refractivity contribution in [2.75, 3.05) is 19.6 Å². The second-order valence-corrected chi connectivity index (χ2v) is 6.48. The zero-order valence-corrected chi connectivity index (χ0v) is 13.6. The summed E-state index contributed by atoms with van der Waals surface area (Å²) in [6, 6.07) is 3.69. The topological polar surface area (TPSA) is 71.6 Å². The Bertz CT molecular complexity index is 778. The maximum absolute atomic E-state index is 12.8. The summed E-state index contributed by atoms with van der Waals surface area (Å²) in [4.78, 5) is 28.4. The van der Waals surface area contributed by atoms with Gasteiger partial charge in [0.1, 0.15) is 0 Å². The maximum Gasteiger partial charge on any atom is 0.290 e. The molecule has 0 aromatic carbocycles. The zero-order chi connectivity index (χ0) is 16.7. The Morgan fingerprint density at radius 2 is 2.29 bits per heavy atom. The second-order valence-electron chi connectivity index (χ2n) is 6.48. The van der Waals surface area contributed by atoms with E-state index in [0.717, 1.165) is 24.2 Å². The van der Waals surface area contributed by atoms with Crippen LogP contribution in [0.1, 0.15) is 40.7 Å². The van der Waals surface area contributed by atoms with Crippen LogP contribution in [0.3, 0.4) is 0 Å². The van der Waals surface area contributed by atoms with Gasteiger partial charge in [0.25, 0.3) is 5.91 Å². The van der Waals surface area contributed by atoms with Gasteiger partial charge in [-0.1, -0.05) is 0 Å². The molecule has 1 atom stereocenters. The lowest BCUT2D eigenvalue weighted by Gasteiger charge is -2.35. The third-order valence-corrected chi connectivity index (χ3v) is 4.83. The lowest BCUT2D eigenvalue weighted by atomic mass is 10.1. The summed E-state index contributed by atoms with van der Waals surface area (Å²) in [6.07, 6.45) is 4.82. The standard InChI is InChI=1S/C17H20N4O3/c1-12-5-8-24-16(12)17(23)20-9-13-4-6-18-21(13)14(11-20)10-19-7-2-3-15(19)22/h4-6,8,14H,2-3,7,9-11H2,1H3. The molecule has 0 bridgehead atoms. The van der Waals surface area contributed by atoms with Crippen molar-refractivity contribution in [1.29, 1.82) is 0 Å². The lowest BCUT2D eigenvalue weighted by Crippen LogP contribution is -2.45. The Hall–Kier alpha value is -2.57. The van der Waals surface area contributed by atoms with Gasteiger partial charge in [-0.05, 0) is 25.5 Å². The molecule has 2 aromatic rings. The summed E-state index contributed by atoms with van der Waals surface area (Å²) in [7, 11) is 0. The minimum absolute atomic E-state index is 0.0231. The first kappa shape index (κ1) is 15.0. The van der Waals surface area contributed by atoms with Crippen molar-refractivity contribution in [3.63, 3.8) is 0 Å². The fourth-order valence-corrected chi connectivity index (χ4v) is 3.56. The molecule has 2 amide bonds. The number of nitrogens with zero attached hydrogens (tertiary/aromatic N) is 4. The first-order valence-electron chi connectivity index (χ1n) is 8.27. The molecule has 0 radical (unpaired) electrons. The van der Waals surface area contributed by atoms with E-state index in [1.54, 1.807) is 17.2 Å². The largest absolute Gasteiger partial charge is 0.459 e. The van der Waals surface area contributed by atoms with Crippen molar-refractivity contribution in [2.24, 2.45) is 0 Å². The predicted octanol–water partition coefficient (Wildman–Crippen LogP) is 1.60. The molecule has 1 fully saturated rings. The van der Waals surface area contributed by atoms with Crippen LogP contribution in [0.15, 0.2) is 29.0 Å². The summed E-state index contributed by atoms with van der Waals surface area (Å²) >= 11 is 0. The summed E-state index contributed by atoms with van der Waals surface area (Å²) in [6.45, 7) is 4.28. The molecule has 2 aromatic heterocycles. The Morgan fingerprint density at radius 3 is 3.00 bits per heavy atom. The van der Waals surface area contributed by atoms with Crippen molar-refractivity contribution in [1.82, 2.24) is 19.6 Å². The average Bonchev–Trinajstić information content (AvgIpc) is 3.28. The van der Waals surface area contributed by atoms with Gasteiger partial charge in [0.15, 0.2) is 5.76 Å². The van der Waals surface area contributed by atoms with E-state index in [1.807, 2.05) is 22.6 Å². The van der Waals surface area contributed by atoms with E-state index >= 15 is 0 Å². The highest BCUT2D eigenvalue weighted by Crippen LogP contribution is 2.25. The number of aromatic nitrogens is 2. The normalized spacial score (nSPS) is 20.5. The Morgan fingerprint density at radius 1 is 1.42 bits per heavy atom. The van der Waals surface area contributed by atoms with Gasteiger partial charge >= 0.3 is 0 Å². The predicted molar refractivity (Wildman–Crippen MR) is 85.3 cm³/mol. The molecule has 0 spiro atoms. The highest BCUT2D eigenvalue weighted by atomic mass is 16.3. The van der Waals surface area contributed by atoms with Crippen molar-refractivity contribution < 1.29 is 14.0 Å². The number of likely N-dealkylation sites (tertiary alicyclic amines) is 1. The molecule has 1 saturated heterocycles. The number of hydrogen-bond acceptors (Lipinski definition) is 4. The molecule has 1 unspecified atom stereocenters. The van der Waals surface area contributed by atoms with Gasteiger partial charge in [-0.2, -0.15) is 5.10 Å². The van der Waals surface area contributed by atoms with E-state index in [9.17, 15) is 9.59 Å². The van der Waals surface area contributed by atoms with E-state index in [0.29, 0.717) is 31.8 Å². The van der Waals surface area contributed by atoms with E-state index < -0.39 is 0 Å². The quantitative estimate of drug-likeness (QED) is 0.858. The van der Waals surface area contributed by atoms with Crippen LogP contribution in [0, 0.1) is 6.92 Å². The van der Waals surface area contributed by atoms with E-state index in [4.69, 9.17) is 4.42 Å². The minimum atomic E-state index is -0.109. The van der Waals surface area contributed by atoms with Crippen LogP contribution in [0.5, 0.6) is 0 Å². The summed E-state index contributed by atoms with van der Waals surface area (Å²) in [5.41, 5.74) is 1.82. The Kier molecular flexibility index (Phi) is 3.63. The van der Waals surface area contributed by atoms with E-state index in [-0.39, 0.29) is 17.9 Å². The van der Waals surface area contributed by atoms with Gasteiger partial charge in [0.05, 0.1) is 24.5 Å². The maximum atomic E-state index is 12.8. The number of hydrogen-bond donors (Lipinski definition) is 0. The molecule has 7 nitrogen and oxygen atoms in total. The molecular formula is C17H20N4O3. The molecule has 4 rings (SSSR count). The third-order valence-electron chi connectivity index (χ3n) is 4.83. The number of carbonyl (C=O) groups is 2. The summed E-state index contributed by atoms with van der Waals surface area (Å²) in [5, 5.41) is 4.40. The second kappa shape index (κ2) is 5.81. The van der Waals surface area contributed by atoms with Crippen molar-refractivity contribution in [2.45, 2.75) is 32.4 Å². The van der Waals surface area contributed by atoms with Crippen molar-refractivity contribution >= 4 is 11.8 Å². The molecule has 0 N–H and O–H groups in total. The molecule has 126 valence electrons. The Balaban J connectivity index is 1.58. The molecular weight excluding hydrogens is 308 g/mol. The fourth-order valence-electron chi connectivity index (χ4n) is 3.56. The molecule has 7 heteroatoms. The van der Waals surface area contributed by atoms with Crippen LogP contribution in [0.25, 0.3) is 0 Å². The molecule has 24 heavy (non-hydrogen) atoms. The van der Waals surface area contributed by atoms with Crippen LogP contribution in [-0.4, -0.2) is 51.0 Å². The van der Waals surface area contributed by atoms with Gasteiger partial charge < -0.3 is 14.2 Å². The first-order chi connectivity index (χ1) is 11.6. The van der Waals surface area contributed by atoms with E-state index in [1.165, 1.54) is 6.26 Å². The van der Waals surface area contributed by atoms with Crippen LogP contribution >= 0.6 is 0 Å².